The van der Waals surface area contributed by atoms with Crippen molar-refractivity contribution in [2.75, 3.05) is 46.0 Å². The lowest BCUT2D eigenvalue weighted by atomic mass is 10.1. The van der Waals surface area contributed by atoms with Crippen LogP contribution < -0.4 is 5.32 Å². The van der Waals surface area contributed by atoms with Crippen LogP contribution in [0.25, 0.3) is 6.08 Å². The molecular formula is C23H35N5O5. The third-order valence-corrected chi connectivity index (χ3v) is 5.77. The van der Waals surface area contributed by atoms with Crippen molar-refractivity contribution in [1.29, 1.82) is 0 Å². The summed E-state index contributed by atoms with van der Waals surface area (Å²) in [4.78, 5) is 44.1. The molecule has 1 unspecified atom stereocenters. The topological polar surface area (TPSA) is 106 Å². The molecule has 182 valence electrons. The van der Waals surface area contributed by atoms with Crippen molar-refractivity contribution in [3.8, 4) is 0 Å². The number of piperazine rings is 1. The maximum atomic E-state index is 12.6. The fourth-order valence-electron chi connectivity index (χ4n) is 4.22. The molecule has 33 heavy (non-hydrogen) atoms. The van der Waals surface area contributed by atoms with E-state index in [1.165, 1.54) is 6.92 Å². The van der Waals surface area contributed by atoms with Crippen LogP contribution in [0.5, 0.6) is 0 Å². The highest BCUT2D eigenvalue weighted by atomic mass is 16.5. The number of nitrogens with one attached hydrogen (secondary N) is 1. The number of rotatable bonds is 9. The van der Waals surface area contributed by atoms with Gasteiger partial charge in [0.2, 0.25) is 11.8 Å². The molecule has 10 heteroatoms. The zero-order chi connectivity index (χ0) is 24.0. The van der Waals surface area contributed by atoms with Crippen LogP contribution in [0.3, 0.4) is 0 Å². The lowest BCUT2D eigenvalue weighted by Gasteiger charge is -2.32. The number of imide groups is 1. The van der Waals surface area contributed by atoms with Crippen molar-refractivity contribution in [3.63, 3.8) is 0 Å². The standard InChI is InChI=1S/C23H35N5O5/c1-5-32-14-18-12-26(9-10-33-18)7-6-8-27-15-24-19(22(27)16(2)3)11-20-23(31)28(17(4)29)13-21(30)25-20/h11,15-16,18H,5-10,12-14H2,1-4H3,(H,25,30)/b20-11-. The van der Waals surface area contributed by atoms with Crippen LogP contribution in [-0.2, 0) is 30.4 Å². The van der Waals surface area contributed by atoms with Gasteiger partial charge in [-0.05, 0) is 25.3 Å². The summed E-state index contributed by atoms with van der Waals surface area (Å²) in [6.07, 6.45) is 4.41. The Labute approximate surface area is 194 Å². The molecule has 0 radical (unpaired) electrons. The van der Waals surface area contributed by atoms with Gasteiger partial charge in [0, 0.05) is 45.4 Å². The van der Waals surface area contributed by atoms with E-state index in [4.69, 9.17) is 9.47 Å². The summed E-state index contributed by atoms with van der Waals surface area (Å²) in [7, 11) is 0. The smallest absolute Gasteiger partial charge is 0.277 e. The van der Waals surface area contributed by atoms with E-state index in [0.29, 0.717) is 18.9 Å². The first-order valence-electron chi connectivity index (χ1n) is 11.6. The Bertz CT molecular complexity index is 894. The number of carbonyl (C=O) groups excluding carboxylic acids is 3. The van der Waals surface area contributed by atoms with Gasteiger partial charge < -0.3 is 19.4 Å². The van der Waals surface area contributed by atoms with Crippen molar-refractivity contribution in [2.45, 2.75) is 52.7 Å². The average molecular weight is 462 g/mol. The number of nitrogens with zero attached hydrogens (tertiary/aromatic N) is 4. The number of hydrogen-bond acceptors (Lipinski definition) is 7. The van der Waals surface area contributed by atoms with Crippen LogP contribution in [-0.4, -0.2) is 89.2 Å². The van der Waals surface area contributed by atoms with Gasteiger partial charge in [0.05, 0.1) is 31.3 Å². The largest absolute Gasteiger partial charge is 0.379 e. The van der Waals surface area contributed by atoms with Crippen LogP contribution >= 0.6 is 0 Å². The van der Waals surface area contributed by atoms with E-state index in [0.717, 1.165) is 49.8 Å². The molecule has 1 N–H and O–H groups in total. The maximum absolute atomic E-state index is 12.6. The number of aryl methyl sites for hydroxylation is 1. The summed E-state index contributed by atoms with van der Waals surface area (Å²) in [5, 5.41) is 2.58. The second-order valence-corrected chi connectivity index (χ2v) is 8.69. The highest BCUT2D eigenvalue weighted by Gasteiger charge is 2.31. The lowest BCUT2D eigenvalue weighted by molar-refractivity contribution is -0.147. The molecule has 0 aliphatic carbocycles. The molecule has 1 atom stereocenters. The van der Waals surface area contributed by atoms with Gasteiger partial charge in [-0.2, -0.15) is 0 Å². The molecule has 1 aromatic rings. The number of hydrogen-bond donors (Lipinski definition) is 1. The molecule has 10 nitrogen and oxygen atoms in total. The van der Waals surface area contributed by atoms with Crippen LogP contribution in [0.15, 0.2) is 12.0 Å². The van der Waals surface area contributed by atoms with Gasteiger partial charge in [-0.15, -0.1) is 0 Å². The molecule has 1 aromatic heterocycles. The molecular weight excluding hydrogens is 426 g/mol. The van der Waals surface area contributed by atoms with Crippen LogP contribution in [0.2, 0.25) is 0 Å². The van der Waals surface area contributed by atoms with Crippen LogP contribution in [0, 0.1) is 0 Å². The first-order chi connectivity index (χ1) is 15.8. The number of imidazole rings is 1. The highest BCUT2D eigenvalue weighted by Crippen LogP contribution is 2.22. The van der Waals surface area contributed by atoms with E-state index < -0.39 is 17.7 Å². The number of carbonyl (C=O) groups is 3. The molecule has 2 fully saturated rings. The number of aromatic nitrogens is 2. The first kappa shape index (κ1) is 25.1. The predicted molar refractivity (Wildman–Crippen MR) is 122 cm³/mol. The van der Waals surface area contributed by atoms with Crippen molar-refractivity contribution < 1.29 is 23.9 Å². The van der Waals surface area contributed by atoms with Crippen molar-refractivity contribution in [1.82, 2.24) is 24.7 Å². The minimum absolute atomic E-state index is 0.0715. The zero-order valence-corrected chi connectivity index (χ0v) is 20.0. The average Bonchev–Trinajstić information content (AvgIpc) is 3.17. The summed E-state index contributed by atoms with van der Waals surface area (Å²) in [5.41, 5.74) is 1.69. The van der Waals surface area contributed by atoms with Gasteiger partial charge in [0.1, 0.15) is 12.2 Å². The Hall–Kier alpha value is -2.56. The van der Waals surface area contributed by atoms with Gasteiger partial charge in [-0.1, -0.05) is 13.8 Å². The van der Waals surface area contributed by atoms with Gasteiger partial charge in [0.15, 0.2) is 0 Å². The Kier molecular flexibility index (Phi) is 8.76. The predicted octanol–water partition coefficient (Wildman–Crippen LogP) is 0.980. The van der Waals surface area contributed by atoms with Crippen LogP contribution in [0.4, 0.5) is 0 Å². The Morgan fingerprint density at radius 1 is 1.36 bits per heavy atom. The quantitative estimate of drug-likeness (QED) is 0.547. The maximum Gasteiger partial charge on any atom is 0.277 e. The molecule has 0 bridgehead atoms. The Morgan fingerprint density at radius 3 is 2.85 bits per heavy atom. The summed E-state index contributed by atoms with van der Waals surface area (Å²) in [6.45, 7) is 12.7. The Balaban J connectivity index is 1.66. The van der Waals surface area contributed by atoms with Crippen LogP contribution in [0.1, 0.15) is 51.4 Å². The summed E-state index contributed by atoms with van der Waals surface area (Å²) in [6, 6.07) is 0. The van der Waals surface area contributed by atoms with Gasteiger partial charge in [-0.3, -0.25) is 24.2 Å². The Morgan fingerprint density at radius 2 is 2.15 bits per heavy atom. The van der Waals surface area contributed by atoms with Crippen molar-refractivity contribution >= 4 is 23.8 Å². The molecule has 3 amide bonds. The lowest BCUT2D eigenvalue weighted by Crippen LogP contribution is -2.51. The van der Waals surface area contributed by atoms with Crippen molar-refractivity contribution in [3.05, 3.63) is 23.4 Å². The SMILES string of the molecule is CCOCC1CN(CCCn2cnc(/C=C3\NC(=O)CN(C(C)=O)C3=O)c2C(C)C)CCO1. The normalized spacial score (nSPS) is 21.2. The van der Waals surface area contributed by atoms with E-state index in [2.05, 4.69) is 33.6 Å². The summed E-state index contributed by atoms with van der Waals surface area (Å²) in [5.74, 6) is -1.20. The molecule has 0 saturated carbocycles. The second-order valence-electron chi connectivity index (χ2n) is 8.69. The van der Waals surface area contributed by atoms with E-state index in [1.807, 2.05) is 6.92 Å². The van der Waals surface area contributed by atoms with E-state index in [1.54, 1.807) is 12.4 Å². The monoisotopic (exact) mass is 461 g/mol. The molecule has 0 spiro atoms. The van der Waals surface area contributed by atoms with Crippen molar-refractivity contribution in [2.24, 2.45) is 0 Å². The highest BCUT2D eigenvalue weighted by molar-refractivity contribution is 6.12. The molecule has 3 rings (SSSR count). The summed E-state index contributed by atoms with van der Waals surface area (Å²) >= 11 is 0. The molecule has 2 aliphatic rings. The minimum atomic E-state index is -0.514. The number of amides is 3. The number of morpholine rings is 1. The zero-order valence-electron chi connectivity index (χ0n) is 20.0. The minimum Gasteiger partial charge on any atom is -0.379 e. The molecule has 0 aromatic carbocycles. The number of ether oxygens (including phenoxy) is 2. The van der Waals surface area contributed by atoms with Gasteiger partial charge >= 0.3 is 0 Å². The van der Waals surface area contributed by atoms with E-state index >= 15 is 0 Å². The molecule has 2 saturated heterocycles. The molecule has 2 aliphatic heterocycles. The fraction of sp³-hybridized carbons (Fsp3) is 0.652. The summed E-state index contributed by atoms with van der Waals surface area (Å²) < 4.78 is 13.4. The third kappa shape index (κ3) is 6.49. The van der Waals surface area contributed by atoms with E-state index in [9.17, 15) is 14.4 Å². The first-order valence-corrected chi connectivity index (χ1v) is 11.6. The van der Waals surface area contributed by atoms with Gasteiger partial charge in [-0.25, -0.2) is 4.98 Å². The molecule has 3 heterocycles. The fourth-order valence-corrected chi connectivity index (χ4v) is 4.22. The van der Waals surface area contributed by atoms with Gasteiger partial charge in [0.25, 0.3) is 5.91 Å². The van der Waals surface area contributed by atoms with E-state index in [-0.39, 0.29) is 24.3 Å². The second kappa shape index (κ2) is 11.5. The third-order valence-electron chi connectivity index (χ3n) is 5.77.